The van der Waals surface area contributed by atoms with Crippen molar-refractivity contribution in [2.45, 2.75) is 44.9 Å². The van der Waals surface area contributed by atoms with E-state index in [0.717, 1.165) is 58.4 Å². The Morgan fingerprint density at radius 3 is 2.40 bits per heavy atom. The standard InChI is InChI=1S/C21H33N3O/c1-23-14-16-24(17-15-23)20-11-9-18(10-12-20)6-5-13-22-21(25)19-7-3-2-4-8-19/h9-12,19H,2-8,13-17H2,1H3,(H,22,25). The van der Waals surface area contributed by atoms with Crippen LogP contribution in [0.15, 0.2) is 24.3 Å². The first-order valence-corrected chi connectivity index (χ1v) is 10.0. The van der Waals surface area contributed by atoms with Crippen LogP contribution in [0, 0.1) is 5.92 Å². The average molecular weight is 344 g/mol. The van der Waals surface area contributed by atoms with Crippen molar-refractivity contribution in [2.75, 3.05) is 44.7 Å². The SMILES string of the molecule is CN1CCN(c2ccc(CCCNC(=O)C3CCCCC3)cc2)CC1. The van der Waals surface area contributed by atoms with Crippen molar-refractivity contribution in [3.05, 3.63) is 29.8 Å². The van der Waals surface area contributed by atoms with Crippen molar-refractivity contribution in [1.82, 2.24) is 10.2 Å². The number of likely N-dealkylation sites (N-methyl/N-ethyl adjacent to an activating group) is 1. The van der Waals surface area contributed by atoms with Crippen molar-refractivity contribution in [3.8, 4) is 0 Å². The van der Waals surface area contributed by atoms with E-state index in [2.05, 4.69) is 46.4 Å². The van der Waals surface area contributed by atoms with Crippen molar-refractivity contribution in [1.29, 1.82) is 0 Å². The number of hydrogen-bond donors (Lipinski definition) is 1. The Labute approximate surface area is 152 Å². The van der Waals surface area contributed by atoms with E-state index < -0.39 is 0 Å². The van der Waals surface area contributed by atoms with Crippen LogP contribution < -0.4 is 10.2 Å². The van der Waals surface area contributed by atoms with Gasteiger partial charge < -0.3 is 15.1 Å². The second-order valence-electron chi connectivity index (χ2n) is 7.69. The normalized spacial score (nSPS) is 19.8. The monoisotopic (exact) mass is 343 g/mol. The molecule has 0 radical (unpaired) electrons. The maximum absolute atomic E-state index is 12.1. The summed E-state index contributed by atoms with van der Waals surface area (Å²) in [7, 11) is 2.19. The minimum atomic E-state index is 0.275. The van der Waals surface area contributed by atoms with E-state index in [9.17, 15) is 4.79 Å². The van der Waals surface area contributed by atoms with Gasteiger partial charge in [-0.15, -0.1) is 0 Å². The summed E-state index contributed by atoms with van der Waals surface area (Å²) in [6.45, 7) is 5.31. The second kappa shape index (κ2) is 9.23. The number of aryl methyl sites for hydroxylation is 1. The van der Waals surface area contributed by atoms with Gasteiger partial charge in [-0.2, -0.15) is 0 Å². The van der Waals surface area contributed by atoms with Crippen molar-refractivity contribution >= 4 is 11.6 Å². The summed E-state index contributed by atoms with van der Waals surface area (Å²) in [5.74, 6) is 0.557. The summed E-state index contributed by atoms with van der Waals surface area (Å²) in [4.78, 5) is 17.0. The number of anilines is 1. The minimum absolute atomic E-state index is 0.275. The molecule has 25 heavy (non-hydrogen) atoms. The van der Waals surface area contributed by atoms with E-state index in [4.69, 9.17) is 0 Å². The highest BCUT2D eigenvalue weighted by Gasteiger charge is 2.20. The smallest absolute Gasteiger partial charge is 0.223 e. The zero-order valence-corrected chi connectivity index (χ0v) is 15.7. The van der Waals surface area contributed by atoms with E-state index in [0.29, 0.717) is 0 Å². The van der Waals surface area contributed by atoms with Crippen LogP contribution in [0.2, 0.25) is 0 Å². The Morgan fingerprint density at radius 2 is 1.72 bits per heavy atom. The van der Waals surface area contributed by atoms with Gasteiger partial charge in [0.2, 0.25) is 5.91 Å². The van der Waals surface area contributed by atoms with Crippen LogP contribution in [0.3, 0.4) is 0 Å². The molecule has 1 aliphatic carbocycles. The topological polar surface area (TPSA) is 35.6 Å². The van der Waals surface area contributed by atoms with Gasteiger partial charge in [-0.1, -0.05) is 31.4 Å². The molecule has 1 heterocycles. The zero-order valence-electron chi connectivity index (χ0n) is 15.7. The maximum atomic E-state index is 12.1. The fourth-order valence-corrected chi connectivity index (χ4v) is 3.95. The largest absolute Gasteiger partial charge is 0.369 e. The fourth-order valence-electron chi connectivity index (χ4n) is 3.95. The summed E-state index contributed by atoms with van der Waals surface area (Å²) in [6.07, 6.45) is 7.96. The molecule has 0 spiro atoms. The van der Waals surface area contributed by atoms with Gasteiger partial charge in [0.1, 0.15) is 0 Å². The lowest BCUT2D eigenvalue weighted by Gasteiger charge is -2.34. The quantitative estimate of drug-likeness (QED) is 0.807. The zero-order chi connectivity index (χ0) is 17.5. The van der Waals surface area contributed by atoms with Gasteiger partial charge in [0.05, 0.1) is 0 Å². The van der Waals surface area contributed by atoms with Crippen LogP contribution in [0.5, 0.6) is 0 Å². The Kier molecular flexibility index (Phi) is 6.74. The minimum Gasteiger partial charge on any atom is -0.369 e. The van der Waals surface area contributed by atoms with Crippen LogP contribution >= 0.6 is 0 Å². The van der Waals surface area contributed by atoms with Crippen LogP contribution in [0.1, 0.15) is 44.1 Å². The summed E-state index contributed by atoms with van der Waals surface area (Å²) in [5, 5.41) is 3.14. The summed E-state index contributed by atoms with van der Waals surface area (Å²) in [6, 6.07) is 9.00. The number of rotatable bonds is 6. The van der Waals surface area contributed by atoms with E-state index in [1.807, 2.05) is 0 Å². The van der Waals surface area contributed by atoms with Gasteiger partial charge in [0.25, 0.3) is 0 Å². The van der Waals surface area contributed by atoms with Gasteiger partial charge in [-0.3, -0.25) is 4.79 Å². The van der Waals surface area contributed by atoms with Crippen molar-refractivity contribution in [3.63, 3.8) is 0 Å². The van der Waals surface area contributed by atoms with E-state index in [-0.39, 0.29) is 11.8 Å². The molecule has 1 aromatic rings. The number of piperazine rings is 1. The Bertz CT molecular complexity index is 529. The molecule has 1 saturated carbocycles. The molecule has 2 aliphatic rings. The second-order valence-corrected chi connectivity index (χ2v) is 7.69. The molecule has 138 valence electrons. The van der Waals surface area contributed by atoms with E-state index in [1.165, 1.54) is 30.5 Å². The average Bonchev–Trinajstić information content (AvgIpc) is 2.67. The number of nitrogens with zero attached hydrogens (tertiary/aromatic N) is 2. The first-order chi connectivity index (χ1) is 12.2. The van der Waals surface area contributed by atoms with Gasteiger partial charge in [0, 0.05) is 44.3 Å². The molecule has 1 amide bonds. The van der Waals surface area contributed by atoms with Crippen LogP contribution in [0.4, 0.5) is 5.69 Å². The molecular weight excluding hydrogens is 310 g/mol. The molecule has 3 rings (SSSR count). The predicted octanol–water partition coefficient (Wildman–Crippen LogP) is 3.07. The van der Waals surface area contributed by atoms with E-state index in [1.54, 1.807) is 0 Å². The highest BCUT2D eigenvalue weighted by Crippen LogP contribution is 2.23. The lowest BCUT2D eigenvalue weighted by Crippen LogP contribution is -2.44. The molecule has 1 aliphatic heterocycles. The fraction of sp³-hybridized carbons (Fsp3) is 0.667. The summed E-state index contributed by atoms with van der Waals surface area (Å²) < 4.78 is 0. The van der Waals surface area contributed by atoms with E-state index >= 15 is 0 Å². The van der Waals surface area contributed by atoms with Gasteiger partial charge in [-0.05, 0) is 50.4 Å². The molecule has 0 atom stereocenters. The van der Waals surface area contributed by atoms with Crippen molar-refractivity contribution < 1.29 is 4.79 Å². The van der Waals surface area contributed by atoms with Gasteiger partial charge in [0.15, 0.2) is 0 Å². The van der Waals surface area contributed by atoms with Gasteiger partial charge in [-0.25, -0.2) is 0 Å². The Hall–Kier alpha value is -1.55. The number of hydrogen-bond acceptors (Lipinski definition) is 3. The highest BCUT2D eigenvalue weighted by atomic mass is 16.1. The third-order valence-electron chi connectivity index (χ3n) is 5.72. The number of carbonyl (C=O) groups excluding carboxylic acids is 1. The lowest BCUT2D eigenvalue weighted by atomic mass is 9.88. The molecule has 0 aromatic heterocycles. The Balaban J connectivity index is 1.36. The van der Waals surface area contributed by atoms with Crippen molar-refractivity contribution in [2.24, 2.45) is 5.92 Å². The number of benzene rings is 1. The highest BCUT2D eigenvalue weighted by molar-refractivity contribution is 5.78. The first kappa shape index (κ1) is 18.2. The van der Waals surface area contributed by atoms with Crippen LogP contribution in [-0.4, -0.2) is 50.6 Å². The maximum Gasteiger partial charge on any atom is 0.223 e. The third-order valence-corrected chi connectivity index (χ3v) is 5.72. The number of amides is 1. The molecule has 4 heteroatoms. The Morgan fingerprint density at radius 1 is 1.04 bits per heavy atom. The predicted molar refractivity (Wildman–Crippen MR) is 104 cm³/mol. The molecule has 0 unspecified atom stereocenters. The van der Waals surface area contributed by atoms with Crippen LogP contribution in [-0.2, 0) is 11.2 Å². The van der Waals surface area contributed by atoms with Gasteiger partial charge >= 0.3 is 0 Å². The molecule has 1 aromatic carbocycles. The molecule has 4 nitrogen and oxygen atoms in total. The molecule has 2 fully saturated rings. The first-order valence-electron chi connectivity index (χ1n) is 10.0. The third kappa shape index (κ3) is 5.46. The number of carbonyl (C=O) groups is 1. The summed E-state index contributed by atoms with van der Waals surface area (Å²) >= 11 is 0. The molecule has 0 bridgehead atoms. The molecular formula is C21H33N3O. The molecule has 1 saturated heterocycles. The van der Waals surface area contributed by atoms with Crippen LogP contribution in [0.25, 0.3) is 0 Å². The summed E-state index contributed by atoms with van der Waals surface area (Å²) in [5.41, 5.74) is 2.70. The molecule has 1 N–H and O–H groups in total. The number of nitrogens with one attached hydrogen (secondary N) is 1. The lowest BCUT2D eigenvalue weighted by molar-refractivity contribution is -0.125.